The summed E-state index contributed by atoms with van der Waals surface area (Å²) in [6, 6.07) is 0. The predicted octanol–water partition coefficient (Wildman–Crippen LogP) is 2.03. The molecule has 0 saturated carbocycles. The quantitative estimate of drug-likeness (QED) is 0.633. The summed E-state index contributed by atoms with van der Waals surface area (Å²) in [6.07, 6.45) is 2.14. The SMILES string of the molecule is CC(=O)C1CCOC(C(C)C)C1. The third kappa shape index (κ3) is 2.31. The highest BCUT2D eigenvalue weighted by atomic mass is 16.5. The second-order valence-electron chi connectivity index (χ2n) is 3.99. The van der Waals surface area contributed by atoms with Gasteiger partial charge in [-0.25, -0.2) is 0 Å². The van der Waals surface area contributed by atoms with Crippen molar-refractivity contribution in [2.45, 2.75) is 39.7 Å². The van der Waals surface area contributed by atoms with Crippen LogP contribution in [0.4, 0.5) is 0 Å². The molecule has 2 heteroatoms. The van der Waals surface area contributed by atoms with E-state index < -0.39 is 0 Å². The molecule has 2 nitrogen and oxygen atoms in total. The predicted molar refractivity (Wildman–Crippen MR) is 48.0 cm³/mol. The smallest absolute Gasteiger partial charge is 0.133 e. The molecule has 1 fully saturated rings. The highest BCUT2D eigenvalue weighted by Crippen LogP contribution is 2.25. The molecule has 1 heterocycles. The van der Waals surface area contributed by atoms with Gasteiger partial charge in [0.05, 0.1) is 6.10 Å². The van der Waals surface area contributed by atoms with Crippen LogP contribution in [0.15, 0.2) is 0 Å². The number of hydrogen-bond acceptors (Lipinski definition) is 2. The molecule has 0 amide bonds. The Morgan fingerprint density at radius 1 is 1.50 bits per heavy atom. The molecule has 0 aromatic rings. The van der Waals surface area contributed by atoms with E-state index in [4.69, 9.17) is 4.74 Å². The Morgan fingerprint density at radius 3 is 2.67 bits per heavy atom. The first-order valence-electron chi connectivity index (χ1n) is 4.73. The van der Waals surface area contributed by atoms with Gasteiger partial charge in [-0.15, -0.1) is 0 Å². The summed E-state index contributed by atoms with van der Waals surface area (Å²) in [5.74, 6) is 1.11. The zero-order valence-electron chi connectivity index (χ0n) is 8.17. The minimum atomic E-state index is 0.256. The van der Waals surface area contributed by atoms with Crippen LogP contribution < -0.4 is 0 Å². The molecule has 1 rings (SSSR count). The van der Waals surface area contributed by atoms with E-state index in [9.17, 15) is 4.79 Å². The van der Waals surface area contributed by atoms with E-state index in [0.717, 1.165) is 19.4 Å². The molecule has 2 unspecified atom stereocenters. The maximum Gasteiger partial charge on any atom is 0.133 e. The Labute approximate surface area is 74.3 Å². The largest absolute Gasteiger partial charge is 0.378 e. The van der Waals surface area contributed by atoms with Crippen molar-refractivity contribution in [1.29, 1.82) is 0 Å². The fourth-order valence-electron chi connectivity index (χ4n) is 1.66. The number of hydrogen-bond donors (Lipinski definition) is 0. The second kappa shape index (κ2) is 4.04. The zero-order chi connectivity index (χ0) is 9.14. The number of ketones is 1. The second-order valence-corrected chi connectivity index (χ2v) is 3.99. The molecule has 70 valence electrons. The molecule has 0 bridgehead atoms. The van der Waals surface area contributed by atoms with Gasteiger partial charge in [0, 0.05) is 12.5 Å². The van der Waals surface area contributed by atoms with Gasteiger partial charge < -0.3 is 4.74 Å². The monoisotopic (exact) mass is 170 g/mol. The summed E-state index contributed by atoms with van der Waals surface area (Å²) in [4.78, 5) is 11.1. The van der Waals surface area contributed by atoms with Crippen LogP contribution in [0, 0.1) is 11.8 Å². The van der Waals surface area contributed by atoms with Crippen molar-refractivity contribution in [2.24, 2.45) is 11.8 Å². The molecule has 0 radical (unpaired) electrons. The third-order valence-corrected chi connectivity index (χ3v) is 2.63. The van der Waals surface area contributed by atoms with E-state index in [1.807, 2.05) is 0 Å². The fraction of sp³-hybridized carbons (Fsp3) is 0.900. The molecule has 12 heavy (non-hydrogen) atoms. The van der Waals surface area contributed by atoms with Crippen LogP contribution in [0.2, 0.25) is 0 Å². The Morgan fingerprint density at radius 2 is 2.17 bits per heavy atom. The first-order valence-corrected chi connectivity index (χ1v) is 4.73. The lowest BCUT2D eigenvalue weighted by Gasteiger charge is -2.30. The molecular weight excluding hydrogens is 152 g/mol. The van der Waals surface area contributed by atoms with Crippen molar-refractivity contribution in [1.82, 2.24) is 0 Å². The van der Waals surface area contributed by atoms with Gasteiger partial charge in [-0.05, 0) is 25.7 Å². The average molecular weight is 170 g/mol. The number of Topliss-reactive ketones (excluding diaryl/α,β-unsaturated/α-hetero) is 1. The molecule has 0 aromatic carbocycles. The molecule has 2 atom stereocenters. The van der Waals surface area contributed by atoms with Crippen LogP contribution >= 0.6 is 0 Å². The summed E-state index contributed by atoms with van der Waals surface area (Å²) < 4.78 is 5.57. The van der Waals surface area contributed by atoms with E-state index in [-0.39, 0.29) is 5.92 Å². The van der Waals surface area contributed by atoms with Crippen LogP contribution in [0.1, 0.15) is 33.6 Å². The first kappa shape index (κ1) is 9.72. The standard InChI is InChI=1S/C10H18O2/c1-7(2)10-6-9(8(3)11)4-5-12-10/h7,9-10H,4-6H2,1-3H3. The van der Waals surface area contributed by atoms with Crippen molar-refractivity contribution in [3.63, 3.8) is 0 Å². The van der Waals surface area contributed by atoms with E-state index in [1.165, 1.54) is 0 Å². The van der Waals surface area contributed by atoms with Crippen LogP contribution in [-0.2, 0) is 9.53 Å². The van der Waals surface area contributed by atoms with E-state index in [1.54, 1.807) is 6.92 Å². The van der Waals surface area contributed by atoms with Gasteiger partial charge in [-0.1, -0.05) is 13.8 Å². The van der Waals surface area contributed by atoms with Gasteiger partial charge in [0.2, 0.25) is 0 Å². The lowest BCUT2D eigenvalue weighted by Crippen LogP contribution is -2.32. The fourth-order valence-corrected chi connectivity index (χ4v) is 1.66. The lowest BCUT2D eigenvalue weighted by molar-refractivity contribution is -0.126. The normalized spacial score (nSPS) is 30.7. The maximum absolute atomic E-state index is 11.1. The van der Waals surface area contributed by atoms with Gasteiger partial charge in [-0.2, -0.15) is 0 Å². The highest BCUT2D eigenvalue weighted by molar-refractivity contribution is 5.78. The molecule has 0 aliphatic carbocycles. The summed E-state index contributed by atoms with van der Waals surface area (Å²) in [5.41, 5.74) is 0. The Hall–Kier alpha value is -0.370. The minimum absolute atomic E-state index is 0.256. The van der Waals surface area contributed by atoms with E-state index in [2.05, 4.69) is 13.8 Å². The van der Waals surface area contributed by atoms with Gasteiger partial charge >= 0.3 is 0 Å². The van der Waals surface area contributed by atoms with Crippen molar-refractivity contribution in [2.75, 3.05) is 6.61 Å². The van der Waals surface area contributed by atoms with Crippen molar-refractivity contribution in [3.8, 4) is 0 Å². The van der Waals surface area contributed by atoms with Crippen LogP contribution in [0.25, 0.3) is 0 Å². The Balaban J connectivity index is 2.46. The van der Waals surface area contributed by atoms with Gasteiger partial charge in [-0.3, -0.25) is 4.79 Å². The van der Waals surface area contributed by atoms with Crippen molar-refractivity contribution < 1.29 is 9.53 Å². The van der Waals surface area contributed by atoms with Gasteiger partial charge in [0.25, 0.3) is 0 Å². The van der Waals surface area contributed by atoms with Crippen molar-refractivity contribution in [3.05, 3.63) is 0 Å². The molecule has 0 aromatic heterocycles. The van der Waals surface area contributed by atoms with E-state index in [0.29, 0.717) is 17.8 Å². The molecule has 1 saturated heterocycles. The van der Waals surface area contributed by atoms with Crippen molar-refractivity contribution >= 4 is 5.78 Å². The highest BCUT2D eigenvalue weighted by Gasteiger charge is 2.27. The molecule has 0 N–H and O–H groups in total. The summed E-state index contributed by atoms with van der Waals surface area (Å²) in [5, 5.41) is 0. The van der Waals surface area contributed by atoms with Gasteiger partial charge in [0.15, 0.2) is 0 Å². The number of ether oxygens (including phenoxy) is 1. The Bertz CT molecular complexity index is 163. The first-order chi connectivity index (χ1) is 5.61. The molecule has 1 aliphatic rings. The summed E-state index contributed by atoms with van der Waals surface area (Å²) >= 11 is 0. The maximum atomic E-state index is 11.1. The van der Waals surface area contributed by atoms with E-state index >= 15 is 0 Å². The lowest BCUT2D eigenvalue weighted by atomic mass is 9.88. The number of rotatable bonds is 2. The molecular formula is C10H18O2. The third-order valence-electron chi connectivity index (χ3n) is 2.63. The summed E-state index contributed by atoms with van der Waals surface area (Å²) in [7, 11) is 0. The topological polar surface area (TPSA) is 26.3 Å². The number of carbonyl (C=O) groups is 1. The van der Waals surface area contributed by atoms with Crippen LogP contribution in [-0.4, -0.2) is 18.5 Å². The van der Waals surface area contributed by atoms with Crippen LogP contribution in [0.3, 0.4) is 0 Å². The zero-order valence-corrected chi connectivity index (χ0v) is 8.17. The minimum Gasteiger partial charge on any atom is -0.378 e. The summed E-state index contributed by atoms with van der Waals surface area (Å²) in [6.45, 7) is 6.74. The number of carbonyl (C=O) groups excluding carboxylic acids is 1. The van der Waals surface area contributed by atoms with Gasteiger partial charge in [0.1, 0.15) is 5.78 Å². The Kier molecular flexibility index (Phi) is 3.27. The molecule has 1 aliphatic heterocycles. The van der Waals surface area contributed by atoms with Crippen LogP contribution in [0.5, 0.6) is 0 Å². The molecule has 0 spiro atoms. The average Bonchev–Trinajstić information content (AvgIpc) is 2.04.